The third kappa shape index (κ3) is 2.13. The maximum Gasteiger partial charge on any atom is 0.155 e. The van der Waals surface area contributed by atoms with Crippen molar-refractivity contribution in [3.63, 3.8) is 0 Å². The van der Waals surface area contributed by atoms with Crippen molar-refractivity contribution in [1.82, 2.24) is 0 Å². The van der Waals surface area contributed by atoms with Gasteiger partial charge in [0.05, 0.1) is 0 Å². The molecule has 4 rings (SSSR count). The zero-order chi connectivity index (χ0) is 16.4. The number of rotatable bonds is 1. The SMILES string of the molecule is CC(=O)C1=C[C@@]2(C)CC[C@H]3[C@@H](CCC4=CC(=O)CC[C@@]43C)[C@@H]2C1. The number of fused-ring (bicyclic) bond motifs is 5. The standard InChI is InChI=1S/C21H28O2/c1-13(22)14-10-19-17-5-4-15-11-16(23)6-9-21(15,3)18(17)7-8-20(19,2)12-14/h11-12,17-19H,4-10H2,1-3H3/t17-,18+,19+,20-,21+/m1/s1. The summed E-state index contributed by atoms with van der Waals surface area (Å²) < 4.78 is 0. The van der Waals surface area contributed by atoms with Crippen LogP contribution in [-0.2, 0) is 9.59 Å². The number of Topliss-reactive ketones (excluding diaryl/α,β-unsaturated/α-hetero) is 1. The maximum absolute atomic E-state index is 11.9. The van der Waals surface area contributed by atoms with Crippen molar-refractivity contribution in [2.75, 3.05) is 0 Å². The molecule has 23 heavy (non-hydrogen) atoms. The second-order valence-corrected chi connectivity index (χ2v) is 8.94. The van der Waals surface area contributed by atoms with Crippen LogP contribution in [0.3, 0.4) is 0 Å². The van der Waals surface area contributed by atoms with E-state index in [1.54, 1.807) is 6.92 Å². The van der Waals surface area contributed by atoms with E-state index in [2.05, 4.69) is 19.9 Å². The summed E-state index contributed by atoms with van der Waals surface area (Å²) in [5.41, 5.74) is 2.96. The average Bonchev–Trinajstić information content (AvgIpc) is 2.86. The molecule has 0 aromatic carbocycles. The van der Waals surface area contributed by atoms with E-state index in [0.717, 1.165) is 37.2 Å². The first-order valence-corrected chi connectivity index (χ1v) is 9.30. The van der Waals surface area contributed by atoms with Crippen LogP contribution in [0.4, 0.5) is 0 Å². The Hall–Kier alpha value is -1.18. The molecule has 0 radical (unpaired) electrons. The number of allylic oxidation sites excluding steroid dienone is 4. The monoisotopic (exact) mass is 312 g/mol. The Morgan fingerprint density at radius 3 is 2.65 bits per heavy atom. The fraction of sp³-hybridized carbons (Fsp3) is 0.714. The molecule has 0 bridgehead atoms. The van der Waals surface area contributed by atoms with E-state index in [-0.39, 0.29) is 16.6 Å². The predicted molar refractivity (Wildman–Crippen MR) is 90.9 cm³/mol. The lowest BCUT2D eigenvalue weighted by Gasteiger charge is -2.57. The van der Waals surface area contributed by atoms with Gasteiger partial charge in [0.25, 0.3) is 0 Å². The van der Waals surface area contributed by atoms with Crippen molar-refractivity contribution >= 4 is 11.6 Å². The zero-order valence-electron chi connectivity index (χ0n) is 14.7. The van der Waals surface area contributed by atoms with E-state index in [9.17, 15) is 9.59 Å². The van der Waals surface area contributed by atoms with Crippen LogP contribution in [0.2, 0.25) is 0 Å². The second-order valence-electron chi connectivity index (χ2n) is 8.94. The van der Waals surface area contributed by atoms with E-state index in [4.69, 9.17) is 0 Å². The highest BCUT2D eigenvalue weighted by Gasteiger charge is 2.56. The normalized spacial score (nSPS) is 45.5. The van der Waals surface area contributed by atoms with Gasteiger partial charge in [-0.1, -0.05) is 25.5 Å². The third-order valence-corrected chi connectivity index (χ3v) is 7.80. The molecule has 2 nitrogen and oxygen atoms in total. The average molecular weight is 312 g/mol. The topological polar surface area (TPSA) is 34.1 Å². The highest BCUT2D eigenvalue weighted by molar-refractivity contribution is 5.94. The Labute approximate surface area is 139 Å². The molecule has 124 valence electrons. The predicted octanol–water partition coefficient (Wildman–Crippen LogP) is 4.64. The van der Waals surface area contributed by atoms with Gasteiger partial charge in [-0.15, -0.1) is 0 Å². The number of hydrogen-bond donors (Lipinski definition) is 0. The van der Waals surface area contributed by atoms with Crippen LogP contribution in [0.25, 0.3) is 0 Å². The maximum atomic E-state index is 11.9. The quantitative estimate of drug-likeness (QED) is 0.706. The Balaban J connectivity index is 1.67. The van der Waals surface area contributed by atoms with Gasteiger partial charge in [-0.25, -0.2) is 0 Å². The van der Waals surface area contributed by atoms with Crippen molar-refractivity contribution in [1.29, 1.82) is 0 Å². The molecule has 0 spiro atoms. The second kappa shape index (κ2) is 4.91. The summed E-state index contributed by atoms with van der Waals surface area (Å²) >= 11 is 0. The van der Waals surface area contributed by atoms with Crippen molar-refractivity contribution < 1.29 is 9.59 Å². The fourth-order valence-corrected chi connectivity index (χ4v) is 6.41. The molecule has 0 aromatic heterocycles. The Bertz CT molecular complexity index is 640. The molecule has 5 atom stereocenters. The minimum Gasteiger partial charge on any atom is -0.295 e. The molecule has 2 fully saturated rings. The molecule has 4 aliphatic rings. The van der Waals surface area contributed by atoms with E-state index >= 15 is 0 Å². The molecule has 0 aromatic rings. The van der Waals surface area contributed by atoms with E-state index in [0.29, 0.717) is 17.6 Å². The Kier molecular flexibility index (Phi) is 3.28. The lowest BCUT2D eigenvalue weighted by Crippen LogP contribution is -2.49. The minimum absolute atomic E-state index is 0.226. The molecule has 0 N–H and O–H groups in total. The Morgan fingerprint density at radius 1 is 1.13 bits per heavy atom. The third-order valence-electron chi connectivity index (χ3n) is 7.80. The molecular weight excluding hydrogens is 284 g/mol. The fourth-order valence-electron chi connectivity index (χ4n) is 6.41. The van der Waals surface area contributed by atoms with Gasteiger partial charge in [-0.3, -0.25) is 9.59 Å². The number of ketones is 2. The van der Waals surface area contributed by atoms with Crippen LogP contribution in [0.5, 0.6) is 0 Å². The van der Waals surface area contributed by atoms with Crippen molar-refractivity contribution in [3.8, 4) is 0 Å². The first-order chi connectivity index (χ1) is 10.8. The van der Waals surface area contributed by atoms with Crippen molar-refractivity contribution in [3.05, 3.63) is 23.3 Å². The lowest BCUT2D eigenvalue weighted by molar-refractivity contribution is -0.117. The molecule has 0 amide bonds. The summed E-state index contributed by atoms with van der Waals surface area (Å²) in [5, 5.41) is 0. The van der Waals surface area contributed by atoms with Gasteiger partial charge < -0.3 is 0 Å². The van der Waals surface area contributed by atoms with Crippen LogP contribution in [0.1, 0.15) is 65.7 Å². The molecule has 0 unspecified atom stereocenters. The van der Waals surface area contributed by atoms with Crippen LogP contribution in [-0.4, -0.2) is 11.6 Å². The molecule has 4 aliphatic carbocycles. The van der Waals surface area contributed by atoms with Gasteiger partial charge in [0, 0.05) is 6.42 Å². The Morgan fingerprint density at radius 2 is 1.91 bits per heavy atom. The lowest BCUT2D eigenvalue weighted by atomic mass is 9.47. The first kappa shape index (κ1) is 15.4. The van der Waals surface area contributed by atoms with Crippen LogP contribution in [0.15, 0.2) is 23.3 Å². The van der Waals surface area contributed by atoms with Gasteiger partial charge in [0.1, 0.15) is 0 Å². The van der Waals surface area contributed by atoms with Crippen LogP contribution >= 0.6 is 0 Å². The minimum atomic E-state index is 0.226. The summed E-state index contributed by atoms with van der Waals surface area (Å²) in [6, 6.07) is 0. The van der Waals surface area contributed by atoms with Gasteiger partial charge >= 0.3 is 0 Å². The number of carbonyl (C=O) groups is 2. The van der Waals surface area contributed by atoms with E-state index in [1.165, 1.54) is 24.8 Å². The summed E-state index contributed by atoms with van der Waals surface area (Å²) in [5.74, 6) is 2.66. The summed E-state index contributed by atoms with van der Waals surface area (Å²) in [6.07, 6.45) is 11.8. The van der Waals surface area contributed by atoms with Gasteiger partial charge in [-0.05, 0) is 85.7 Å². The molecule has 0 aliphatic heterocycles. The highest BCUT2D eigenvalue weighted by Crippen LogP contribution is 2.64. The number of carbonyl (C=O) groups excluding carboxylic acids is 2. The molecule has 2 saturated carbocycles. The first-order valence-electron chi connectivity index (χ1n) is 9.30. The largest absolute Gasteiger partial charge is 0.295 e. The number of hydrogen-bond acceptors (Lipinski definition) is 2. The molecule has 0 saturated heterocycles. The van der Waals surface area contributed by atoms with Crippen molar-refractivity contribution in [2.24, 2.45) is 28.6 Å². The van der Waals surface area contributed by atoms with E-state index < -0.39 is 0 Å². The van der Waals surface area contributed by atoms with Gasteiger partial charge in [0.2, 0.25) is 0 Å². The molecule has 2 heteroatoms. The molecular formula is C21H28O2. The van der Waals surface area contributed by atoms with Gasteiger partial charge in [0.15, 0.2) is 11.6 Å². The summed E-state index contributed by atoms with van der Waals surface area (Å²) in [7, 11) is 0. The van der Waals surface area contributed by atoms with Crippen LogP contribution in [0, 0.1) is 28.6 Å². The molecule has 0 heterocycles. The van der Waals surface area contributed by atoms with Gasteiger partial charge in [-0.2, -0.15) is 0 Å². The summed E-state index contributed by atoms with van der Waals surface area (Å²) in [4.78, 5) is 23.8. The van der Waals surface area contributed by atoms with Crippen LogP contribution < -0.4 is 0 Å². The highest BCUT2D eigenvalue weighted by atomic mass is 16.1. The summed E-state index contributed by atoms with van der Waals surface area (Å²) in [6.45, 7) is 6.51. The van der Waals surface area contributed by atoms with Crippen molar-refractivity contribution in [2.45, 2.75) is 65.7 Å². The smallest absolute Gasteiger partial charge is 0.155 e. The van der Waals surface area contributed by atoms with E-state index in [1.807, 2.05) is 6.08 Å². The zero-order valence-corrected chi connectivity index (χ0v) is 14.7.